The Balaban J connectivity index is 2.09. The smallest absolute Gasteiger partial charge is 0.259 e. The number of para-hydroxylation sites is 1. The second kappa shape index (κ2) is 4.51. The quantitative estimate of drug-likeness (QED) is 0.778. The van der Waals surface area contributed by atoms with Crippen LogP contribution in [-0.2, 0) is 7.05 Å². The van der Waals surface area contributed by atoms with Crippen LogP contribution in [0, 0.1) is 6.92 Å². The third-order valence-corrected chi connectivity index (χ3v) is 3.97. The lowest BCUT2D eigenvalue weighted by atomic mass is 10.1. The first-order chi connectivity index (χ1) is 9.18. The van der Waals surface area contributed by atoms with Gasteiger partial charge < -0.3 is 4.57 Å². The summed E-state index contributed by atoms with van der Waals surface area (Å²) in [6.07, 6.45) is 1.68. The van der Waals surface area contributed by atoms with Crippen molar-refractivity contribution in [3.05, 3.63) is 47.1 Å². The number of aryl methyl sites for hydroxylation is 1. The molecule has 2 aromatic heterocycles. The predicted molar refractivity (Wildman–Crippen MR) is 77.7 cm³/mol. The summed E-state index contributed by atoms with van der Waals surface area (Å²) in [7, 11) is 1.97. The van der Waals surface area contributed by atoms with E-state index in [1.165, 1.54) is 11.3 Å². The summed E-state index contributed by atoms with van der Waals surface area (Å²) in [6.45, 7) is 1.96. The third-order valence-electron chi connectivity index (χ3n) is 3.28. The van der Waals surface area contributed by atoms with Gasteiger partial charge in [-0.25, -0.2) is 4.98 Å². The highest BCUT2D eigenvalue weighted by Crippen LogP contribution is 2.25. The summed E-state index contributed by atoms with van der Waals surface area (Å²) in [5.74, 6) is -0.107. The van der Waals surface area contributed by atoms with Crippen LogP contribution in [0.3, 0.4) is 0 Å². The summed E-state index contributed by atoms with van der Waals surface area (Å²) in [5, 5.41) is 6.27. The molecule has 0 aliphatic rings. The lowest BCUT2D eigenvalue weighted by Gasteiger charge is -2.02. The highest BCUT2D eigenvalue weighted by molar-refractivity contribution is 7.13. The topological polar surface area (TPSA) is 46.9 Å². The molecule has 0 saturated heterocycles. The Morgan fingerprint density at radius 2 is 2.16 bits per heavy atom. The van der Waals surface area contributed by atoms with Crippen molar-refractivity contribution in [2.45, 2.75) is 6.92 Å². The molecule has 0 aliphatic heterocycles. The summed E-state index contributed by atoms with van der Waals surface area (Å²) in [4.78, 5) is 16.5. The van der Waals surface area contributed by atoms with Gasteiger partial charge in [0.25, 0.3) is 5.91 Å². The Kier molecular flexibility index (Phi) is 2.83. The largest absolute Gasteiger partial charge is 0.347 e. The minimum atomic E-state index is -0.107. The van der Waals surface area contributed by atoms with E-state index in [2.05, 4.69) is 10.3 Å². The van der Waals surface area contributed by atoms with E-state index in [4.69, 9.17) is 0 Å². The van der Waals surface area contributed by atoms with Crippen LogP contribution >= 0.6 is 11.3 Å². The van der Waals surface area contributed by atoms with Gasteiger partial charge in [-0.2, -0.15) is 0 Å². The van der Waals surface area contributed by atoms with Crippen LogP contribution in [0.15, 0.2) is 35.8 Å². The maximum Gasteiger partial charge on any atom is 0.259 e. The average Bonchev–Trinajstić information content (AvgIpc) is 2.99. The van der Waals surface area contributed by atoms with Gasteiger partial charge in [0, 0.05) is 35.2 Å². The van der Waals surface area contributed by atoms with E-state index >= 15 is 0 Å². The third kappa shape index (κ3) is 1.92. The fourth-order valence-corrected chi connectivity index (χ4v) is 2.78. The van der Waals surface area contributed by atoms with E-state index in [0.29, 0.717) is 10.7 Å². The Morgan fingerprint density at radius 1 is 1.37 bits per heavy atom. The monoisotopic (exact) mass is 271 g/mol. The number of anilines is 1. The minimum absolute atomic E-state index is 0.107. The summed E-state index contributed by atoms with van der Waals surface area (Å²) in [6, 6.07) is 7.91. The number of fused-ring (bicyclic) bond motifs is 1. The first-order valence-corrected chi connectivity index (χ1v) is 6.81. The van der Waals surface area contributed by atoms with Crippen molar-refractivity contribution in [2.24, 2.45) is 7.05 Å². The zero-order valence-corrected chi connectivity index (χ0v) is 11.5. The Labute approximate surface area is 114 Å². The lowest BCUT2D eigenvalue weighted by Crippen LogP contribution is -2.13. The maximum atomic E-state index is 12.4. The van der Waals surface area contributed by atoms with Crippen LogP contribution in [-0.4, -0.2) is 15.5 Å². The summed E-state index contributed by atoms with van der Waals surface area (Å²) < 4.78 is 2.03. The first kappa shape index (κ1) is 11.9. The Hall–Kier alpha value is -2.14. The van der Waals surface area contributed by atoms with Gasteiger partial charge in [-0.15, -0.1) is 11.3 Å². The van der Waals surface area contributed by atoms with Gasteiger partial charge >= 0.3 is 0 Å². The van der Waals surface area contributed by atoms with Crippen molar-refractivity contribution >= 4 is 33.3 Å². The molecular weight excluding hydrogens is 258 g/mol. The van der Waals surface area contributed by atoms with Crippen molar-refractivity contribution in [3.8, 4) is 0 Å². The number of amides is 1. The van der Waals surface area contributed by atoms with E-state index in [1.807, 2.05) is 48.2 Å². The number of thiazole rings is 1. The van der Waals surface area contributed by atoms with Gasteiger partial charge in [-0.05, 0) is 13.0 Å². The molecule has 0 bridgehead atoms. The highest BCUT2D eigenvalue weighted by atomic mass is 32.1. The van der Waals surface area contributed by atoms with Crippen LogP contribution < -0.4 is 5.32 Å². The average molecular weight is 271 g/mol. The maximum absolute atomic E-state index is 12.4. The predicted octanol–water partition coefficient (Wildman–Crippen LogP) is 3.20. The number of nitrogens with one attached hydrogen (secondary N) is 1. The van der Waals surface area contributed by atoms with Crippen LogP contribution in [0.1, 0.15) is 16.1 Å². The van der Waals surface area contributed by atoms with Crippen LogP contribution in [0.2, 0.25) is 0 Å². The van der Waals surface area contributed by atoms with Gasteiger partial charge in [0.05, 0.1) is 5.56 Å². The second-order valence-electron chi connectivity index (χ2n) is 4.33. The molecule has 1 N–H and O–H groups in total. The van der Waals surface area contributed by atoms with Gasteiger partial charge in [0.1, 0.15) is 0 Å². The molecular formula is C14H13N3OS. The molecule has 0 unspecified atom stereocenters. The van der Waals surface area contributed by atoms with E-state index in [0.717, 1.165) is 16.6 Å². The Bertz CT molecular complexity index is 743. The number of carbonyl (C=O) groups excluding carboxylic acids is 1. The minimum Gasteiger partial charge on any atom is -0.347 e. The molecule has 0 aliphatic carbocycles. The van der Waals surface area contributed by atoms with E-state index in [9.17, 15) is 4.79 Å². The highest BCUT2D eigenvalue weighted by Gasteiger charge is 2.18. The van der Waals surface area contributed by atoms with Crippen LogP contribution in [0.25, 0.3) is 10.9 Å². The van der Waals surface area contributed by atoms with Gasteiger partial charge in [0.15, 0.2) is 5.13 Å². The van der Waals surface area contributed by atoms with Crippen molar-refractivity contribution < 1.29 is 4.79 Å². The SMILES string of the molecule is Cc1c(C(=O)Nc2nccs2)c2ccccc2n1C. The lowest BCUT2D eigenvalue weighted by molar-refractivity contribution is 0.102. The zero-order valence-electron chi connectivity index (χ0n) is 10.7. The fourth-order valence-electron chi connectivity index (χ4n) is 2.25. The van der Waals surface area contributed by atoms with Gasteiger partial charge in [0.2, 0.25) is 0 Å². The zero-order chi connectivity index (χ0) is 13.4. The van der Waals surface area contributed by atoms with Gasteiger partial charge in [-0.3, -0.25) is 10.1 Å². The number of carbonyl (C=O) groups is 1. The van der Waals surface area contributed by atoms with Crippen LogP contribution in [0.5, 0.6) is 0 Å². The molecule has 0 saturated carbocycles. The van der Waals surface area contributed by atoms with E-state index < -0.39 is 0 Å². The van der Waals surface area contributed by atoms with E-state index in [1.54, 1.807) is 6.20 Å². The Morgan fingerprint density at radius 3 is 2.89 bits per heavy atom. The number of rotatable bonds is 2. The van der Waals surface area contributed by atoms with Crippen molar-refractivity contribution in [1.29, 1.82) is 0 Å². The normalized spacial score (nSPS) is 10.8. The summed E-state index contributed by atoms with van der Waals surface area (Å²) >= 11 is 1.41. The molecule has 0 fully saturated rings. The molecule has 5 heteroatoms. The molecule has 96 valence electrons. The van der Waals surface area contributed by atoms with Gasteiger partial charge in [-0.1, -0.05) is 18.2 Å². The molecule has 1 aromatic carbocycles. The molecule has 3 rings (SSSR count). The van der Waals surface area contributed by atoms with Crippen LogP contribution in [0.4, 0.5) is 5.13 Å². The molecule has 0 radical (unpaired) electrons. The number of aromatic nitrogens is 2. The number of hydrogen-bond acceptors (Lipinski definition) is 3. The first-order valence-electron chi connectivity index (χ1n) is 5.93. The molecule has 4 nitrogen and oxygen atoms in total. The van der Waals surface area contributed by atoms with Crippen molar-refractivity contribution in [3.63, 3.8) is 0 Å². The number of benzene rings is 1. The molecule has 0 atom stereocenters. The standard InChI is InChI=1S/C14H13N3OS/c1-9-12(13(18)16-14-15-7-8-19-14)10-5-3-4-6-11(10)17(9)2/h3-8H,1-2H3,(H,15,16,18). The summed E-state index contributed by atoms with van der Waals surface area (Å²) in [5.41, 5.74) is 2.73. The second-order valence-corrected chi connectivity index (χ2v) is 5.22. The molecule has 0 spiro atoms. The molecule has 3 aromatic rings. The molecule has 19 heavy (non-hydrogen) atoms. The fraction of sp³-hybridized carbons (Fsp3) is 0.143. The van der Waals surface area contributed by atoms with Crippen molar-refractivity contribution in [2.75, 3.05) is 5.32 Å². The number of nitrogens with zero attached hydrogens (tertiary/aromatic N) is 2. The molecule has 2 heterocycles. The number of hydrogen-bond donors (Lipinski definition) is 1. The van der Waals surface area contributed by atoms with E-state index in [-0.39, 0.29) is 5.91 Å². The van der Waals surface area contributed by atoms with Crippen molar-refractivity contribution in [1.82, 2.24) is 9.55 Å². The molecule has 1 amide bonds.